The van der Waals surface area contributed by atoms with Crippen LogP contribution < -0.4 is 14.8 Å². The minimum Gasteiger partial charge on any atom is -0.486 e. The molecular weight excluding hydrogens is 352 g/mol. The van der Waals surface area contributed by atoms with Crippen molar-refractivity contribution in [3.63, 3.8) is 0 Å². The summed E-state index contributed by atoms with van der Waals surface area (Å²) in [6.07, 6.45) is 4.33. The first-order chi connectivity index (χ1) is 12.7. The summed E-state index contributed by atoms with van der Waals surface area (Å²) in [5.41, 5.74) is 2.42. The molecule has 3 heterocycles. The number of aromatic nitrogens is 3. The van der Waals surface area contributed by atoms with Crippen LogP contribution in [0.15, 0.2) is 36.0 Å². The average molecular weight is 370 g/mol. The van der Waals surface area contributed by atoms with Crippen molar-refractivity contribution in [3.8, 4) is 22.1 Å². The van der Waals surface area contributed by atoms with E-state index in [1.807, 2.05) is 31.4 Å². The lowest BCUT2D eigenvalue weighted by atomic mass is 10.1. The largest absolute Gasteiger partial charge is 0.486 e. The van der Waals surface area contributed by atoms with Crippen molar-refractivity contribution in [2.45, 2.75) is 6.42 Å². The zero-order valence-corrected chi connectivity index (χ0v) is 15.1. The van der Waals surface area contributed by atoms with Crippen LogP contribution in [-0.2, 0) is 13.5 Å². The van der Waals surface area contributed by atoms with Crippen molar-refractivity contribution in [1.29, 1.82) is 0 Å². The molecular formula is C18H18N4O3S. The third kappa shape index (κ3) is 3.55. The number of carbonyl (C=O) groups is 1. The maximum absolute atomic E-state index is 12.3. The number of amides is 1. The Morgan fingerprint density at radius 2 is 2.15 bits per heavy atom. The Hall–Kier alpha value is -2.87. The molecule has 0 unspecified atom stereocenters. The number of fused-ring (bicyclic) bond motifs is 1. The minimum absolute atomic E-state index is 0.172. The fourth-order valence-electron chi connectivity index (χ4n) is 2.70. The molecule has 0 fully saturated rings. The monoisotopic (exact) mass is 370 g/mol. The second-order valence-corrected chi connectivity index (χ2v) is 6.78. The summed E-state index contributed by atoms with van der Waals surface area (Å²) in [6, 6.07) is 5.86. The van der Waals surface area contributed by atoms with Crippen molar-refractivity contribution in [3.05, 3.63) is 47.2 Å². The van der Waals surface area contributed by atoms with Gasteiger partial charge in [-0.25, -0.2) is 4.98 Å². The number of hydrogen-bond acceptors (Lipinski definition) is 6. The molecule has 2 aromatic heterocycles. The molecule has 0 atom stereocenters. The Morgan fingerprint density at radius 3 is 2.96 bits per heavy atom. The Kier molecular flexibility index (Phi) is 4.57. The summed E-state index contributed by atoms with van der Waals surface area (Å²) >= 11 is 1.43. The number of aryl methyl sites for hydroxylation is 1. The molecule has 1 amide bonds. The highest BCUT2D eigenvalue weighted by molar-refractivity contribution is 7.13. The van der Waals surface area contributed by atoms with Crippen molar-refractivity contribution in [2.24, 2.45) is 7.05 Å². The molecule has 3 aromatic rings. The van der Waals surface area contributed by atoms with Gasteiger partial charge < -0.3 is 14.8 Å². The lowest BCUT2D eigenvalue weighted by molar-refractivity contribution is 0.0950. The van der Waals surface area contributed by atoms with Crippen molar-refractivity contribution in [1.82, 2.24) is 20.1 Å². The summed E-state index contributed by atoms with van der Waals surface area (Å²) in [5, 5.41) is 9.59. The molecule has 134 valence electrons. The third-order valence-electron chi connectivity index (χ3n) is 3.99. The average Bonchev–Trinajstić information content (AvgIpc) is 3.30. The Labute approximate surface area is 154 Å². The van der Waals surface area contributed by atoms with E-state index in [4.69, 9.17) is 9.47 Å². The second-order valence-electron chi connectivity index (χ2n) is 5.92. The molecule has 0 spiro atoms. The van der Waals surface area contributed by atoms with Gasteiger partial charge in [-0.15, -0.1) is 11.3 Å². The number of carbonyl (C=O) groups excluding carboxylic acids is 1. The van der Waals surface area contributed by atoms with Gasteiger partial charge in [-0.2, -0.15) is 5.10 Å². The molecule has 1 aliphatic rings. The van der Waals surface area contributed by atoms with E-state index in [0.29, 0.717) is 31.9 Å². The molecule has 1 aromatic carbocycles. The highest BCUT2D eigenvalue weighted by Gasteiger charge is 2.14. The summed E-state index contributed by atoms with van der Waals surface area (Å²) < 4.78 is 12.8. The van der Waals surface area contributed by atoms with Crippen LogP contribution in [0.3, 0.4) is 0 Å². The first-order valence-corrected chi connectivity index (χ1v) is 9.18. The number of hydrogen-bond donors (Lipinski definition) is 1. The first kappa shape index (κ1) is 16.6. The van der Waals surface area contributed by atoms with Gasteiger partial charge in [0.05, 0.1) is 6.20 Å². The quantitative estimate of drug-likeness (QED) is 0.746. The molecule has 0 saturated heterocycles. The van der Waals surface area contributed by atoms with Gasteiger partial charge in [0.2, 0.25) is 0 Å². The Balaban J connectivity index is 1.33. The van der Waals surface area contributed by atoms with Crippen LogP contribution in [0.4, 0.5) is 0 Å². The van der Waals surface area contributed by atoms with Crippen molar-refractivity contribution >= 4 is 17.2 Å². The molecule has 26 heavy (non-hydrogen) atoms. The van der Waals surface area contributed by atoms with Gasteiger partial charge in [-0.3, -0.25) is 9.48 Å². The second kappa shape index (κ2) is 7.17. The molecule has 4 rings (SSSR count). The molecule has 0 saturated carbocycles. The highest BCUT2D eigenvalue weighted by atomic mass is 32.1. The van der Waals surface area contributed by atoms with E-state index in [1.165, 1.54) is 11.3 Å². The summed E-state index contributed by atoms with van der Waals surface area (Å²) in [7, 11) is 1.85. The number of rotatable bonds is 5. The van der Waals surface area contributed by atoms with Crippen molar-refractivity contribution < 1.29 is 14.3 Å². The fourth-order valence-corrected chi connectivity index (χ4v) is 3.47. The van der Waals surface area contributed by atoms with E-state index in [1.54, 1.807) is 16.3 Å². The lowest BCUT2D eigenvalue weighted by Gasteiger charge is -2.18. The number of ether oxygens (including phenoxy) is 2. The van der Waals surface area contributed by atoms with Crippen LogP contribution in [0.25, 0.3) is 10.6 Å². The topological polar surface area (TPSA) is 78.3 Å². The van der Waals surface area contributed by atoms with E-state index in [-0.39, 0.29) is 5.91 Å². The van der Waals surface area contributed by atoms with Gasteiger partial charge in [-0.05, 0) is 24.1 Å². The number of benzene rings is 1. The fraction of sp³-hybridized carbons (Fsp3) is 0.278. The number of nitrogens with zero attached hydrogens (tertiary/aromatic N) is 3. The van der Waals surface area contributed by atoms with E-state index < -0.39 is 0 Å². The van der Waals surface area contributed by atoms with E-state index >= 15 is 0 Å². The maximum Gasteiger partial charge on any atom is 0.270 e. The molecule has 1 N–H and O–H groups in total. The van der Waals surface area contributed by atoms with E-state index in [0.717, 1.165) is 27.6 Å². The van der Waals surface area contributed by atoms with Crippen LogP contribution in [0, 0.1) is 0 Å². The van der Waals surface area contributed by atoms with Gasteiger partial charge in [0.25, 0.3) is 5.91 Å². The maximum atomic E-state index is 12.3. The Morgan fingerprint density at radius 1 is 1.31 bits per heavy atom. The SMILES string of the molecule is Cn1cc(-c2nc(C(=O)NCCc3ccc4c(c3)OCCO4)cs2)cn1. The van der Waals surface area contributed by atoms with Gasteiger partial charge in [0.1, 0.15) is 23.9 Å². The smallest absolute Gasteiger partial charge is 0.270 e. The van der Waals surface area contributed by atoms with Gasteiger partial charge >= 0.3 is 0 Å². The minimum atomic E-state index is -0.172. The van der Waals surface area contributed by atoms with Crippen LogP contribution in [0.2, 0.25) is 0 Å². The summed E-state index contributed by atoms with van der Waals surface area (Å²) in [5.74, 6) is 1.36. The highest BCUT2D eigenvalue weighted by Crippen LogP contribution is 2.30. The van der Waals surface area contributed by atoms with Gasteiger partial charge in [-0.1, -0.05) is 6.07 Å². The molecule has 0 aliphatic carbocycles. The number of nitrogens with one attached hydrogen (secondary N) is 1. The standard InChI is InChI=1S/C18H18N4O3S/c1-22-10-13(9-20-22)18-21-14(11-26-18)17(23)19-5-4-12-2-3-15-16(8-12)25-7-6-24-15/h2-3,8-11H,4-7H2,1H3,(H,19,23). The van der Waals surface area contributed by atoms with E-state index in [9.17, 15) is 4.79 Å². The summed E-state index contributed by atoms with van der Waals surface area (Å²) in [6.45, 7) is 1.67. The van der Waals surface area contributed by atoms with Crippen LogP contribution >= 0.6 is 11.3 Å². The summed E-state index contributed by atoms with van der Waals surface area (Å²) in [4.78, 5) is 16.7. The third-order valence-corrected chi connectivity index (χ3v) is 4.89. The normalized spacial score (nSPS) is 12.8. The van der Waals surface area contributed by atoms with Crippen molar-refractivity contribution in [2.75, 3.05) is 19.8 Å². The van der Waals surface area contributed by atoms with Crippen LogP contribution in [0.5, 0.6) is 11.5 Å². The van der Waals surface area contributed by atoms with Gasteiger partial charge in [0, 0.05) is 30.7 Å². The number of thiazole rings is 1. The van der Waals surface area contributed by atoms with Gasteiger partial charge in [0.15, 0.2) is 11.5 Å². The molecule has 1 aliphatic heterocycles. The van der Waals surface area contributed by atoms with Crippen LogP contribution in [0.1, 0.15) is 16.1 Å². The van der Waals surface area contributed by atoms with Crippen LogP contribution in [-0.4, -0.2) is 40.4 Å². The zero-order valence-electron chi connectivity index (χ0n) is 14.3. The Bertz CT molecular complexity index is 934. The van der Waals surface area contributed by atoms with E-state index in [2.05, 4.69) is 15.4 Å². The lowest BCUT2D eigenvalue weighted by Crippen LogP contribution is -2.26. The molecule has 8 heteroatoms. The first-order valence-electron chi connectivity index (χ1n) is 8.30. The zero-order chi connectivity index (χ0) is 17.9. The molecule has 0 radical (unpaired) electrons. The predicted octanol–water partition coefficient (Wildman–Crippen LogP) is 2.29. The molecule has 7 nitrogen and oxygen atoms in total. The molecule has 0 bridgehead atoms. The predicted molar refractivity (Wildman–Crippen MR) is 97.8 cm³/mol.